The molecule has 0 unspecified atom stereocenters. The van der Waals surface area contributed by atoms with E-state index in [0.29, 0.717) is 16.0 Å². The van der Waals surface area contributed by atoms with Crippen molar-refractivity contribution < 1.29 is 9.59 Å². The summed E-state index contributed by atoms with van der Waals surface area (Å²) in [5, 5.41) is 4.60. The molecule has 0 aliphatic carbocycles. The number of carbonyl (C=O) groups excluding carboxylic acids is 2. The number of nitrogens with one attached hydrogen (secondary N) is 1. The minimum absolute atomic E-state index is 0.357. The first-order valence-corrected chi connectivity index (χ1v) is 4.67. The molecule has 2 amide bonds. The molecule has 1 aliphatic heterocycles. The fourth-order valence-corrected chi connectivity index (χ4v) is 1.91. The lowest BCUT2D eigenvalue weighted by atomic mass is 10.1. The van der Waals surface area contributed by atoms with Gasteiger partial charge in [-0.15, -0.1) is 6.42 Å². The number of hydrogen-bond donors (Lipinski definition) is 1. The molecule has 1 N–H and O–H groups in total. The molecule has 0 fully saturated rings. The van der Waals surface area contributed by atoms with E-state index in [1.54, 1.807) is 18.2 Å². The highest BCUT2D eigenvalue weighted by Crippen LogP contribution is 2.27. The van der Waals surface area contributed by atoms with Gasteiger partial charge >= 0.3 is 0 Å². The molecule has 14 heavy (non-hydrogen) atoms. The highest BCUT2D eigenvalue weighted by molar-refractivity contribution is 8.04. The van der Waals surface area contributed by atoms with Crippen molar-refractivity contribution in [3.05, 3.63) is 29.3 Å². The minimum atomic E-state index is -0.372. The van der Waals surface area contributed by atoms with Crippen molar-refractivity contribution in [1.82, 2.24) is 5.32 Å². The van der Waals surface area contributed by atoms with E-state index in [-0.39, 0.29) is 11.8 Å². The zero-order valence-electron chi connectivity index (χ0n) is 7.03. The number of fused-ring (bicyclic) bond motifs is 1. The van der Waals surface area contributed by atoms with Crippen molar-refractivity contribution in [1.29, 1.82) is 0 Å². The van der Waals surface area contributed by atoms with Crippen molar-refractivity contribution in [2.75, 3.05) is 0 Å². The van der Waals surface area contributed by atoms with Crippen LogP contribution >= 0.6 is 11.8 Å². The molecule has 3 nitrogen and oxygen atoms in total. The quantitative estimate of drug-likeness (QED) is 0.424. The second-order valence-corrected chi connectivity index (χ2v) is 3.56. The van der Waals surface area contributed by atoms with E-state index in [1.807, 2.05) is 0 Å². The standard InChI is InChI=1S/C10H5NO2S/c1-2-14-7-5-3-4-6-8(7)10(13)11-9(6)12/h1,3-5H,(H,11,12,13). The summed E-state index contributed by atoms with van der Waals surface area (Å²) in [7, 11) is 0. The molecule has 0 aromatic heterocycles. The number of hydrogen-bond acceptors (Lipinski definition) is 3. The van der Waals surface area contributed by atoms with Gasteiger partial charge in [0.25, 0.3) is 11.8 Å². The molecule has 1 aromatic carbocycles. The summed E-state index contributed by atoms with van der Waals surface area (Å²) in [4.78, 5) is 23.2. The summed E-state index contributed by atoms with van der Waals surface area (Å²) in [5.74, 6) is -0.729. The van der Waals surface area contributed by atoms with Crippen LogP contribution in [0.2, 0.25) is 0 Å². The molecule has 0 saturated heterocycles. The van der Waals surface area contributed by atoms with E-state index in [0.717, 1.165) is 11.8 Å². The molecule has 1 aliphatic rings. The van der Waals surface area contributed by atoms with Crippen molar-refractivity contribution in [2.45, 2.75) is 4.90 Å². The molecule has 1 aromatic rings. The van der Waals surface area contributed by atoms with E-state index in [4.69, 9.17) is 6.42 Å². The molecule has 68 valence electrons. The molecule has 1 heterocycles. The second-order valence-electron chi connectivity index (χ2n) is 2.68. The number of amides is 2. The monoisotopic (exact) mass is 203 g/mol. The maximum atomic E-state index is 11.4. The zero-order chi connectivity index (χ0) is 10.1. The van der Waals surface area contributed by atoms with Crippen LogP contribution in [0.15, 0.2) is 23.1 Å². The fourth-order valence-electron chi connectivity index (χ4n) is 1.34. The van der Waals surface area contributed by atoms with Gasteiger partial charge < -0.3 is 0 Å². The Labute approximate surface area is 84.9 Å². The Morgan fingerprint density at radius 2 is 2.07 bits per heavy atom. The number of terminal acetylenes is 1. The van der Waals surface area contributed by atoms with Crippen molar-refractivity contribution in [3.8, 4) is 11.7 Å². The van der Waals surface area contributed by atoms with Crippen LogP contribution in [0.4, 0.5) is 0 Å². The Morgan fingerprint density at radius 1 is 1.29 bits per heavy atom. The Kier molecular flexibility index (Phi) is 2.02. The summed E-state index contributed by atoms with van der Waals surface area (Å²) in [5.41, 5.74) is 0.788. The second kappa shape index (κ2) is 3.20. The van der Waals surface area contributed by atoms with Gasteiger partial charge in [-0.2, -0.15) is 0 Å². The van der Waals surface area contributed by atoms with E-state index >= 15 is 0 Å². The number of rotatable bonds is 1. The first-order valence-electron chi connectivity index (χ1n) is 3.85. The van der Waals surface area contributed by atoms with Gasteiger partial charge in [0.05, 0.1) is 11.1 Å². The summed E-state index contributed by atoms with van der Waals surface area (Å²) in [6, 6.07) is 5.04. The molecule has 0 radical (unpaired) electrons. The van der Waals surface area contributed by atoms with Crippen molar-refractivity contribution >= 4 is 23.6 Å². The Bertz CT molecular complexity index is 474. The molecule has 4 heteroatoms. The smallest absolute Gasteiger partial charge is 0.260 e. The lowest BCUT2D eigenvalue weighted by Crippen LogP contribution is -2.20. The van der Waals surface area contributed by atoms with E-state index < -0.39 is 0 Å². The molecule has 0 saturated carbocycles. The molecule has 0 bridgehead atoms. The maximum absolute atomic E-state index is 11.4. The largest absolute Gasteiger partial charge is 0.288 e. The van der Waals surface area contributed by atoms with E-state index in [2.05, 4.69) is 10.6 Å². The van der Waals surface area contributed by atoms with Gasteiger partial charge in [0.1, 0.15) is 0 Å². The van der Waals surface area contributed by atoms with Crippen LogP contribution in [0.25, 0.3) is 0 Å². The third-order valence-corrected chi connectivity index (χ3v) is 2.57. The van der Waals surface area contributed by atoms with Gasteiger partial charge in [-0.25, -0.2) is 0 Å². The third-order valence-electron chi connectivity index (χ3n) is 1.89. The molecular weight excluding hydrogens is 198 g/mol. The lowest BCUT2D eigenvalue weighted by Gasteiger charge is -1.99. The number of imide groups is 1. The van der Waals surface area contributed by atoms with Gasteiger partial charge in [0.15, 0.2) is 0 Å². The van der Waals surface area contributed by atoms with Crippen LogP contribution in [0.1, 0.15) is 20.7 Å². The number of benzene rings is 1. The summed E-state index contributed by atoms with van der Waals surface area (Å²) in [6.45, 7) is 0. The highest BCUT2D eigenvalue weighted by atomic mass is 32.2. The average molecular weight is 203 g/mol. The third kappa shape index (κ3) is 1.19. The summed E-state index contributed by atoms with van der Waals surface area (Å²) < 4.78 is 0. The average Bonchev–Trinajstić information content (AvgIpc) is 2.44. The van der Waals surface area contributed by atoms with Crippen LogP contribution in [0, 0.1) is 11.7 Å². The van der Waals surface area contributed by atoms with Crippen LogP contribution in [-0.4, -0.2) is 11.8 Å². The SMILES string of the molecule is C#CSc1cccc2c1C(=O)NC2=O. The van der Waals surface area contributed by atoms with E-state index in [1.165, 1.54) is 0 Å². The summed E-state index contributed by atoms with van der Waals surface area (Å²) >= 11 is 1.10. The molecule has 2 rings (SSSR count). The highest BCUT2D eigenvalue weighted by Gasteiger charge is 2.28. The predicted octanol–water partition coefficient (Wildman–Crippen LogP) is 1.25. The Balaban J connectivity index is 2.63. The summed E-state index contributed by atoms with van der Waals surface area (Å²) in [6.07, 6.45) is 5.13. The Hall–Kier alpha value is -1.73. The minimum Gasteiger partial charge on any atom is -0.288 e. The zero-order valence-corrected chi connectivity index (χ0v) is 7.85. The number of thioether (sulfide) groups is 1. The molecule has 0 atom stereocenters. The van der Waals surface area contributed by atoms with E-state index in [9.17, 15) is 9.59 Å². The maximum Gasteiger partial charge on any atom is 0.260 e. The van der Waals surface area contributed by atoms with Gasteiger partial charge in [0, 0.05) is 4.90 Å². The first kappa shape index (κ1) is 8.85. The van der Waals surface area contributed by atoms with Crippen LogP contribution < -0.4 is 5.32 Å². The predicted molar refractivity (Wildman–Crippen MR) is 52.9 cm³/mol. The van der Waals surface area contributed by atoms with Gasteiger partial charge in [-0.05, 0) is 29.1 Å². The molecular formula is C10H5NO2S. The Morgan fingerprint density at radius 3 is 2.79 bits per heavy atom. The van der Waals surface area contributed by atoms with Crippen LogP contribution in [-0.2, 0) is 0 Å². The van der Waals surface area contributed by atoms with Crippen molar-refractivity contribution in [3.63, 3.8) is 0 Å². The molecule has 0 spiro atoms. The van der Waals surface area contributed by atoms with Crippen LogP contribution in [0.5, 0.6) is 0 Å². The first-order chi connectivity index (χ1) is 6.74. The van der Waals surface area contributed by atoms with Gasteiger partial charge in [-0.1, -0.05) is 6.07 Å². The van der Waals surface area contributed by atoms with Crippen LogP contribution in [0.3, 0.4) is 0 Å². The fraction of sp³-hybridized carbons (Fsp3) is 0. The van der Waals surface area contributed by atoms with Gasteiger partial charge in [-0.3, -0.25) is 14.9 Å². The lowest BCUT2D eigenvalue weighted by molar-refractivity contribution is 0.0879. The van der Waals surface area contributed by atoms with Crippen molar-refractivity contribution in [2.24, 2.45) is 0 Å². The van der Waals surface area contributed by atoms with Gasteiger partial charge in [0.2, 0.25) is 0 Å². The normalized spacial score (nSPS) is 13.4. The topological polar surface area (TPSA) is 46.2 Å². The number of carbonyl (C=O) groups is 2.